The monoisotopic (exact) mass is 251 g/mol. The molecule has 1 fully saturated rings. The normalized spacial score (nSPS) is 23.3. The van der Waals surface area contributed by atoms with Gasteiger partial charge in [0.25, 0.3) is 5.91 Å². The molecule has 1 amide bonds. The van der Waals surface area contributed by atoms with Crippen LogP contribution in [-0.2, 0) is 4.79 Å². The fourth-order valence-corrected chi connectivity index (χ4v) is 2.72. The van der Waals surface area contributed by atoms with E-state index in [2.05, 4.69) is 0 Å². The van der Waals surface area contributed by atoms with E-state index in [0.29, 0.717) is 24.9 Å². The Bertz CT molecular complexity index is 440. The third-order valence-electron chi connectivity index (χ3n) is 3.56. The Kier molecular flexibility index (Phi) is 3.41. The Morgan fingerprint density at radius 1 is 1.56 bits per heavy atom. The Balaban J connectivity index is 2.30. The second kappa shape index (κ2) is 4.84. The molecular weight excluding hydrogens is 234 g/mol. The van der Waals surface area contributed by atoms with Crippen molar-refractivity contribution in [3.63, 3.8) is 0 Å². The SMILES string of the molecule is CCCC1(C(=O)O)CCCN1C(=O)c1ccoc1. The lowest BCUT2D eigenvalue weighted by atomic mass is 9.90. The minimum Gasteiger partial charge on any atom is -0.479 e. The molecule has 0 saturated carbocycles. The molecule has 1 aromatic rings. The van der Waals surface area contributed by atoms with Gasteiger partial charge in [0.2, 0.25) is 0 Å². The van der Waals surface area contributed by atoms with Gasteiger partial charge in [0.05, 0.1) is 11.8 Å². The molecule has 0 aliphatic carbocycles. The number of carboxylic acid groups (broad SMARTS) is 1. The maximum absolute atomic E-state index is 12.3. The third-order valence-corrected chi connectivity index (χ3v) is 3.56. The molecule has 1 unspecified atom stereocenters. The first kappa shape index (κ1) is 12.7. The van der Waals surface area contributed by atoms with Gasteiger partial charge in [-0.05, 0) is 25.3 Å². The highest BCUT2D eigenvalue weighted by Crippen LogP contribution is 2.35. The molecule has 5 heteroatoms. The van der Waals surface area contributed by atoms with E-state index in [9.17, 15) is 14.7 Å². The molecule has 1 aliphatic heterocycles. The molecule has 98 valence electrons. The lowest BCUT2D eigenvalue weighted by Crippen LogP contribution is -2.53. The number of carboxylic acids is 1. The predicted molar refractivity (Wildman–Crippen MR) is 64.3 cm³/mol. The van der Waals surface area contributed by atoms with Crippen molar-refractivity contribution in [2.75, 3.05) is 6.54 Å². The summed E-state index contributed by atoms with van der Waals surface area (Å²) in [4.78, 5) is 25.4. The number of likely N-dealkylation sites (tertiary alicyclic amines) is 1. The molecular formula is C13H17NO4. The molecule has 0 spiro atoms. The molecule has 1 atom stereocenters. The first-order valence-electron chi connectivity index (χ1n) is 6.19. The number of rotatable bonds is 4. The summed E-state index contributed by atoms with van der Waals surface area (Å²) in [5.41, 5.74) is -0.623. The zero-order chi connectivity index (χ0) is 13.2. The summed E-state index contributed by atoms with van der Waals surface area (Å²) in [5, 5.41) is 9.49. The zero-order valence-electron chi connectivity index (χ0n) is 10.4. The van der Waals surface area contributed by atoms with Crippen molar-refractivity contribution in [3.05, 3.63) is 24.2 Å². The average Bonchev–Trinajstić information content (AvgIpc) is 2.98. The zero-order valence-corrected chi connectivity index (χ0v) is 10.4. The molecule has 18 heavy (non-hydrogen) atoms. The summed E-state index contributed by atoms with van der Waals surface area (Å²) in [5.74, 6) is -1.16. The van der Waals surface area contributed by atoms with E-state index >= 15 is 0 Å². The number of carbonyl (C=O) groups is 2. The Hall–Kier alpha value is -1.78. The molecule has 0 radical (unpaired) electrons. The van der Waals surface area contributed by atoms with Crippen molar-refractivity contribution in [1.82, 2.24) is 4.90 Å². The van der Waals surface area contributed by atoms with Gasteiger partial charge in [-0.25, -0.2) is 4.79 Å². The predicted octanol–water partition coefficient (Wildman–Crippen LogP) is 2.14. The maximum Gasteiger partial charge on any atom is 0.329 e. The van der Waals surface area contributed by atoms with Crippen LogP contribution in [0.4, 0.5) is 0 Å². The summed E-state index contributed by atoms with van der Waals surface area (Å²) in [7, 11) is 0. The Morgan fingerprint density at radius 3 is 2.89 bits per heavy atom. The summed E-state index contributed by atoms with van der Waals surface area (Å²) in [6.07, 6.45) is 5.27. The quantitative estimate of drug-likeness (QED) is 0.890. The standard InChI is InChI=1S/C13H17NO4/c1-2-5-13(12(16)17)6-3-7-14(13)11(15)10-4-8-18-9-10/h4,8-9H,2-3,5-7H2,1H3,(H,16,17). The van der Waals surface area contributed by atoms with Crippen molar-refractivity contribution in [2.45, 2.75) is 38.1 Å². The van der Waals surface area contributed by atoms with E-state index in [1.807, 2.05) is 6.92 Å². The van der Waals surface area contributed by atoms with Crippen LogP contribution >= 0.6 is 0 Å². The van der Waals surface area contributed by atoms with Crippen molar-refractivity contribution in [1.29, 1.82) is 0 Å². The molecule has 2 heterocycles. The van der Waals surface area contributed by atoms with Crippen LogP contribution in [0.25, 0.3) is 0 Å². The minimum atomic E-state index is -1.04. The van der Waals surface area contributed by atoms with Crippen LogP contribution < -0.4 is 0 Å². The van der Waals surface area contributed by atoms with Crippen molar-refractivity contribution >= 4 is 11.9 Å². The van der Waals surface area contributed by atoms with Gasteiger partial charge in [-0.15, -0.1) is 0 Å². The van der Waals surface area contributed by atoms with Gasteiger partial charge in [0.15, 0.2) is 0 Å². The highest BCUT2D eigenvalue weighted by atomic mass is 16.4. The fraction of sp³-hybridized carbons (Fsp3) is 0.538. The van der Waals surface area contributed by atoms with Crippen LogP contribution in [-0.4, -0.2) is 34.0 Å². The molecule has 5 nitrogen and oxygen atoms in total. The number of hydrogen-bond acceptors (Lipinski definition) is 3. The van der Waals surface area contributed by atoms with Gasteiger partial charge in [0.1, 0.15) is 11.8 Å². The fourth-order valence-electron chi connectivity index (χ4n) is 2.72. The second-order valence-electron chi connectivity index (χ2n) is 4.66. The number of aliphatic carboxylic acids is 1. The van der Waals surface area contributed by atoms with Gasteiger partial charge >= 0.3 is 5.97 Å². The summed E-state index contributed by atoms with van der Waals surface area (Å²) < 4.78 is 4.89. The number of nitrogens with zero attached hydrogens (tertiary/aromatic N) is 1. The second-order valence-corrected chi connectivity index (χ2v) is 4.66. The minimum absolute atomic E-state index is 0.253. The smallest absolute Gasteiger partial charge is 0.329 e. The molecule has 0 aromatic carbocycles. The summed E-state index contributed by atoms with van der Waals surface area (Å²) >= 11 is 0. The number of carbonyl (C=O) groups excluding carboxylic acids is 1. The summed E-state index contributed by atoms with van der Waals surface area (Å²) in [6.45, 7) is 2.43. The van der Waals surface area contributed by atoms with Gasteiger partial charge in [-0.3, -0.25) is 4.79 Å². The number of furan rings is 1. The van der Waals surface area contributed by atoms with E-state index in [1.54, 1.807) is 6.07 Å². The van der Waals surface area contributed by atoms with E-state index in [1.165, 1.54) is 17.4 Å². The van der Waals surface area contributed by atoms with Crippen LogP contribution in [0.1, 0.15) is 43.0 Å². The highest BCUT2D eigenvalue weighted by Gasteiger charge is 2.49. The van der Waals surface area contributed by atoms with Crippen LogP contribution in [0.15, 0.2) is 23.0 Å². The van der Waals surface area contributed by atoms with Crippen LogP contribution in [0.5, 0.6) is 0 Å². The third kappa shape index (κ3) is 1.89. The van der Waals surface area contributed by atoms with E-state index < -0.39 is 11.5 Å². The lowest BCUT2D eigenvalue weighted by Gasteiger charge is -2.34. The molecule has 2 rings (SSSR count). The molecule has 1 aliphatic rings. The first-order chi connectivity index (χ1) is 8.62. The number of hydrogen-bond donors (Lipinski definition) is 1. The topological polar surface area (TPSA) is 70.8 Å². The van der Waals surface area contributed by atoms with Gasteiger partial charge in [-0.1, -0.05) is 13.3 Å². The number of amides is 1. The Morgan fingerprint density at radius 2 is 2.33 bits per heavy atom. The average molecular weight is 251 g/mol. The largest absolute Gasteiger partial charge is 0.479 e. The Labute approximate surface area is 105 Å². The van der Waals surface area contributed by atoms with E-state index in [0.717, 1.165) is 12.8 Å². The van der Waals surface area contributed by atoms with Crippen LogP contribution in [0.2, 0.25) is 0 Å². The van der Waals surface area contributed by atoms with Crippen molar-refractivity contribution < 1.29 is 19.1 Å². The molecule has 0 bridgehead atoms. The van der Waals surface area contributed by atoms with Gasteiger partial charge < -0.3 is 14.4 Å². The van der Waals surface area contributed by atoms with Gasteiger partial charge in [-0.2, -0.15) is 0 Å². The highest BCUT2D eigenvalue weighted by molar-refractivity contribution is 5.98. The van der Waals surface area contributed by atoms with Crippen LogP contribution in [0.3, 0.4) is 0 Å². The van der Waals surface area contributed by atoms with Gasteiger partial charge in [0, 0.05) is 6.54 Å². The molecule has 1 saturated heterocycles. The van der Waals surface area contributed by atoms with Crippen LogP contribution in [0, 0.1) is 0 Å². The maximum atomic E-state index is 12.3. The van der Waals surface area contributed by atoms with Crippen molar-refractivity contribution in [3.8, 4) is 0 Å². The summed E-state index contributed by atoms with van der Waals surface area (Å²) in [6, 6.07) is 1.57. The lowest BCUT2D eigenvalue weighted by molar-refractivity contribution is -0.148. The van der Waals surface area contributed by atoms with E-state index in [4.69, 9.17) is 4.42 Å². The first-order valence-corrected chi connectivity index (χ1v) is 6.19. The molecule has 1 aromatic heterocycles. The molecule has 1 N–H and O–H groups in total. The van der Waals surface area contributed by atoms with E-state index in [-0.39, 0.29) is 5.91 Å². The van der Waals surface area contributed by atoms with Crippen molar-refractivity contribution in [2.24, 2.45) is 0 Å².